The van der Waals surface area contributed by atoms with Gasteiger partial charge < -0.3 is 4.18 Å². The van der Waals surface area contributed by atoms with E-state index in [1.807, 2.05) is 24.3 Å². The SMILES string of the molecule is CC(C)c1ccc(C=CC(=O)c2ccc(OS(=O)(=O)c3ccc(Cl)cc3)cc2)cc1. The molecule has 0 bridgehead atoms. The van der Waals surface area contributed by atoms with Crippen molar-refractivity contribution >= 4 is 33.6 Å². The largest absolute Gasteiger partial charge is 0.379 e. The number of halogens is 1. The molecule has 0 aliphatic carbocycles. The minimum absolute atomic E-state index is 0.00142. The second-order valence-corrected chi connectivity index (χ2v) is 9.02. The van der Waals surface area contributed by atoms with Gasteiger partial charge in [-0.2, -0.15) is 8.42 Å². The van der Waals surface area contributed by atoms with Crippen molar-refractivity contribution in [2.75, 3.05) is 0 Å². The van der Waals surface area contributed by atoms with Crippen LogP contribution in [0.1, 0.15) is 41.3 Å². The van der Waals surface area contributed by atoms with Gasteiger partial charge in [0, 0.05) is 10.6 Å². The summed E-state index contributed by atoms with van der Waals surface area (Å²) in [6.07, 6.45) is 3.24. The fourth-order valence-electron chi connectivity index (χ4n) is 2.71. The minimum Gasteiger partial charge on any atom is -0.379 e. The number of hydrogen-bond acceptors (Lipinski definition) is 4. The highest BCUT2D eigenvalue weighted by molar-refractivity contribution is 7.87. The quantitative estimate of drug-likeness (QED) is 0.252. The van der Waals surface area contributed by atoms with Crippen molar-refractivity contribution in [1.82, 2.24) is 0 Å². The molecular weight excluding hydrogens is 420 g/mol. The summed E-state index contributed by atoms with van der Waals surface area (Å²) >= 11 is 5.78. The van der Waals surface area contributed by atoms with Crippen LogP contribution in [0, 0.1) is 0 Å². The first-order valence-corrected chi connectivity index (χ1v) is 11.2. The number of carbonyl (C=O) groups excluding carboxylic acids is 1. The maximum absolute atomic E-state index is 12.4. The summed E-state index contributed by atoms with van der Waals surface area (Å²) < 4.78 is 29.7. The van der Waals surface area contributed by atoms with E-state index in [1.54, 1.807) is 6.08 Å². The molecule has 3 aromatic carbocycles. The fourth-order valence-corrected chi connectivity index (χ4v) is 3.77. The third-order valence-corrected chi connectivity index (χ3v) is 5.99. The fraction of sp³-hybridized carbons (Fsp3) is 0.125. The van der Waals surface area contributed by atoms with Gasteiger partial charge in [-0.3, -0.25) is 4.79 Å². The Morgan fingerprint density at radius 3 is 2.07 bits per heavy atom. The summed E-state index contributed by atoms with van der Waals surface area (Å²) in [5.41, 5.74) is 2.60. The number of rotatable bonds is 7. The van der Waals surface area contributed by atoms with Gasteiger partial charge in [0.05, 0.1) is 0 Å². The average Bonchev–Trinajstić information content (AvgIpc) is 2.73. The molecule has 4 nitrogen and oxygen atoms in total. The van der Waals surface area contributed by atoms with Crippen LogP contribution < -0.4 is 4.18 Å². The molecule has 3 rings (SSSR count). The number of hydrogen-bond donors (Lipinski definition) is 0. The Bertz CT molecular complexity index is 1150. The number of allylic oxidation sites excluding steroid dienone is 1. The van der Waals surface area contributed by atoms with E-state index in [4.69, 9.17) is 15.8 Å². The van der Waals surface area contributed by atoms with Crippen molar-refractivity contribution in [3.8, 4) is 5.75 Å². The Morgan fingerprint density at radius 2 is 1.50 bits per heavy atom. The summed E-state index contributed by atoms with van der Waals surface area (Å²) in [7, 11) is -3.98. The maximum atomic E-state index is 12.4. The van der Waals surface area contributed by atoms with E-state index in [0.29, 0.717) is 16.5 Å². The van der Waals surface area contributed by atoms with E-state index < -0.39 is 10.1 Å². The smallest absolute Gasteiger partial charge is 0.339 e. The van der Waals surface area contributed by atoms with E-state index in [9.17, 15) is 13.2 Å². The zero-order chi connectivity index (χ0) is 21.7. The molecule has 154 valence electrons. The lowest BCUT2D eigenvalue weighted by molar-refractivity contribution is 0.104. The van der Waals surface area contributed by atoms with E-state index >= 15 is 0 Å². The molecule has 30 heavy (non-hydrogen) atoms. The average molecular weight is 441 g/mol. The first-order valence-electron chi connectivity index (χ1n) is 9.37. The molecule has 6 heteroatoms. The lowest BCUT2D eigenvalue weighted by Gasteiger charge is -2.07. The second-order valence-electron chi connectivity index (χ2n) is 7.03. The van der Waals surface area contributed by atoms with Crippen molar-refractivity contribution in [2.45, 2.75) is 24.7 Å². The van der Waals surface area contributed by atoms with Gasteiger partial charge in [-0.15, -0.1) is 0 Å². The Hall–Kier alpha value is -2.89. The molecule has 0 atom stereocenters. The standard InChI is InChI=1S/C24H21ClO4S/c1-17(2)19-6-3-18(4-7-19)5-16-24(26)20-8-12-22(13-9-20)29-30(27,28)23-14-10-21(25)11-15-23/h3-17H,1-2H3. The van der Waals surface area contributed by atoms with Crippen LogP contribution in [0.5, 0.6) is 5.75 Å². The van der Waals surface area contributed by atoms with E-state index in [2.05, 4.69) is 13.8 Å². The van der Waals surface area contributed by atoms with Crippen LogP contribution in [-0.2, 0) is 10.1 Å². The first kappa shape index (κ1) is 21.8. The lowest BCUT2D eigenvalue weighted by atomic mass is 10.0. The Labute approximate surface area is 181 Å². The van der Waals surface area contributed by atoms with Crippen LogP contribution in [0.2, 0.25) is 5.02 Å². The first-order chi connectivity index (χ1) is 14.2. The van der Waals surface area contributed by atoms with Crippen molar-refractivity contribution in [2.24, 2.45) is 0 Å². The maximum Gasteiger partial charge on any atom is 0.339 e. The third-order valence-electron chi connectivity index (χ3n) is 4.48. The molecule has 0 unspecified atom stereocenters. The summed E-state index contributed by atoms with van der Waals surface area (Å²) in [5.74, 6) is 0.388. The van der Waals surface area contributed by atoms with E-state index in [1.165, 1.54) is 60.2 Å². The predicted octanol–water partition coefficient (Wildman–Crippen LogP) is 6.13. The normalized spacial score (nSPS) is 11.7. The molecule has 0 saturated heterocycles. The molecule has 0 heterocycles. The highest BCUT2D eigenvalue weighted by Crippen LogP contribution is 2.21. The van der Waals surface area contributed by atoms with Gasteiger partial charge in [-0.1, -0.05) is 55.8 Å². The van der Waals surface area contributed by atoms with Crippen molar-refractivity contribution in [1.29, 1.82) is 0 Å². The van der Waals surface area contributed by atoms with Crippen molar-refractivity contribution < 1.29 is 17.4 Å². The van der Waals surface area contributed by atoms with Crippen molar-refractivity contribution in [3.05, 3.63) is 101 Å². The Balaban J connectivity index is 1.67. The molecule has 0 aliphatic heterocycles. The van der Waals surface area contributed by atoms with Gasteiger partial charge >= 0.3 is 10.1 Å². The molecule has 0 saturated carbocycles. The topological polar surface area (TPSA) is 60.4 Å². The summed E-state index contributed by atoms with van der Waals surface area (Å²) in [5, 5.41) is 0.431. The number of ketones is 1. The second kappa shape index (κ2) is 9.28. The molecule has 3 aromatic rings. The Kier molecular flexibility index (Phi) is 6.75. The zero-order valence-corrected chi connectivity index (χ0v) is 18.2. The Morgan fingerprint density at radius 1 is 0.900 bits per heavy atom. The molecular formula is C24H21ClO4S. The molecule has 0 spiro atoms. The highest BCUT2D eigenvalue weighted by atomic mass is 35.5. The zero-order valence-electron chi connectivity index (χ0n) is 16.6. The van der Waals surface area contributed by atoms with E-state index in [-0.39, 0.29) is 16.4 Å². The summed E-state index contributed by atoms with van der Waals surface area (Å²) in [6.45, 7) is 4.25. The number of carbonyl (C=O) groups is 1. The van der Waals surface area contributed by atoms with Gasteiger partial charge in [0.1, 0.15) is 10.6 Å². The van der Waals surface area contributed by atoms with Gasteiger partial charge in [0.25, 0.3) is 0 Å². The molecule has 0 N–H and O–H groups in total. The predicted molar refractivity (Wildman–Crippen MR) is 120 cm³/mol. The van der Waals surface area contributed by atoms with Crippen molar-refractivity contribution in [3.63, 3.8) is 0 Å². The van der Waals surface area contributed by atoms with Crippen LogP contribution in [0.25, 0.3) is 6.08 Å². The van der Waals surface area contributed by atoms with Gasteiger partial charge in [0.15, 0.2) is 5.78 Å². The van der Waals surface area contributed by atoms with Crippen LogP contribution in [0.3, 0.4) is 0 Å². The molecule has 0 aromatic heterocycles. The number of benzene rings is 3. The highest BCUT2D eigenvalue weighted by Gasteiger charge is 2.16. The molecule has 0 amide bonds. The van der Waals surface area contributed by atoms with Crippen LogP contribution in [0.15, 0.2) is 83.8 Å². The third kappa shape index (κ3) is 5.59. The minimum atomic E-state index is -3.98. The molecule has 0 radical (unpaired) electrons. The molecule has 0 fully saturated rings. The monoisotopic (exact) mass is 440 g/mol. The van der Waals surface area contributed by atoms with Crippen LogP contribution >= 0.6 is 11.6 Å². The van der Waals surface area contributed by atoms with Crippen LogP contribution in [0.4, 0.5) is 0 Å². The summed E-state index contributed by atoms with van der Waals surface area (Å²) in [4.78, 5) is 12.4. The molecule has 0 aliphatic rings. The summed E-state index contributed by atoms with van der Waals surface area (Å²) in [6, 6.07) is 19.7. The van der Waals surface area contributed by atoms with Crippen LogP contribution in [-0.4, -0.2) is 14.2 Å². The van der Waals surface area contributed by atoms with Gasteiger partial charge in [-0.05, 0) is 71.7 Å². The van der Waals surface area contributed by atoms with Gasteiger partial charge in [0.2, 0.25) is 0 Å². The lowest BCUT2D eigenvalue weighted by Crippen LogP contribution is -2.09. The van der Waals surface area contributed by atoms with E-state index in [0.717, 1.165) is 5.56 Å². The van der Waals surface area contributed by atoms with Gasteiger partial charge in [-0.25, -0.2) is 0 Å².